The fourth-order valence-corrected chi connectivity index (χ4v) is 8.56. The van der Waals surface area contributed by atoms with Crippen molar-refractivity contribution in [3.63, 3.8) is 0 Å². The van der Waals surface area contributed by atoms with E-state index in [1.807, 2.05) is 0 Å². The van der Waals surface area contributed by atoms with Gasteiger partial charge in [0.05, 0.1) is 18.8 Å². The first kappa shape index (κ1) is 35.3. The second-order valence-corrected chi connectivity index (χ2v) is 13.5. The van der Waals surface area contributed by atoms with Gasteiger partial charge in [0, 0.05) is 22.3 Å². The second kappa shape index (κ2) is 12.8. The van der Waals surface area contributed by atoms with E-state index >= 15 is 4.39 Å². The number of hydrogen-bond acceptors (Lipinski definition) is 12. The number of esters is 1. The number of ether oxygens (including phenoxy) is 1. The Bertz CT molecular complexity index is 1560. The number of carbonyl (C=O) groups is 4. The first-order valence-electron chi connectivity index (χ1n) is 15.7. The molecule has 4 aliphatic rings. The summed E-state index contributed by atoms with van der Waals surface area (Å²) in [5.74, 6) is -4.98. The Hall–Kier alpha value is -4.05. The van der Waals surface area contributed by atoms with E-state index in [4.69, 9.17) is 4.74 Å². The van der Waals surface area contributed by atoms with Crippen molar-refractivity contribution in [2.24, 2.45) is 22.7 Å². The molecule has 4 aliphatic carbocycles. The van der Waals surface area contributed by atoms with Crippen LogP contribution in [0.5, 0.6) is 0 Å². The van der Waals surface area contributed by atoms with Crippen LogP contribution in [0.4, 0.5) is 4.39 Å². The molecule has 48 heavy (non-hydrogen) atoms. The van der Waals surface area contributed by atoms with Crippen LogP contribution in [-0.4, -0.2) is 98.3 Å². The first-order valence-corrected chi connectivity index (χ1v) is 15.7. The zero-order chi connectivity index (χ0) is 35.2. The first-order chi connectivity index (χ1) is 22.5. The Kier molecular flexibility index (Phi) is 9.38. The topological polar surface area (TPSA) is 223 Å². The number of nitrogens with zero attached hydrogens (tertiary/aromatic N) is 1. The molecule has 1 aromatic rings. The lowest BCUT2D eigenvalue weighted by Gasteiger charge is -2.62. The molecule has 1 aromatic carbocycles. The summed E-state index contributed by atoms with van der Waals surface area (Å²) in [7, 11) is 0. The number of benzene rings is 1. The number of allylic oxidation sites excluding steroid dienone is 4. The van der Waals surface area contributed by atoms with Crippen LogP contribution in [-0.2, 0) is 30.4 Å². The monoisotopic (exact) mass is 674 g/mol. The van der Waals surface area contributed by atoms with Gasteiger partial charge in [0.2, 0.25) is 5.78 Å². The SMILES string of the molecule is C[C@]12C=CC(=O)C=C1CCC1C3C[C@@H](O)[C@](O)(C(=O)COC(=O)C(CO)NC(=O)c4ccc(CCO[N+](=O)[O-])cc4)[C@@]3(C)C[C@H](O)[C@@]12F. The fraction of sp³-hybridized carbons (Fsp3) is 0.576. The van der Waals surface area contributed by atoms with Crippen LogP contribution in [0.3, 0.4) is 0 Å². The Morgan fingerprint density at radius 1 is 1.15 bits per heavy atom. The van der Waals surface area contributed by atoms with Crippen LogP contribution in [0.1, 0.15) is 55.5 Å². The quantitative estimate of drug-likeness (QED) is 0.124. The Balaban J connectivity index is 1.25. The minimum Gasteiger partial charge on any atom is -0.456 e. The molecule has 15 heteroatoms. The summed E-state index contributed by atoms with van der Waals surface area (Å²) in [4.78, 5) is 65.7. The van der Waals surface area contributed by atoms with E-state index in [9.17, 15) is 49.7 Å². The summed E-state index contributed by atoms with van der Waals surface area (Å²) in [5, 5.41) is 55.8. The third kappa shape index (κ3) is 5.51. The summed E-state index contributed by atoms with van der Waals surface area (Å²) in [5.41, 5.74) is -6.33. The average molecular weight is 675 g/mol. The molecule has 0 saturated heterocycles. The fourth-order valence-electron chi connectivity index (χ4n) is 8.56. The smallest absolute Gasteiger partial charge is 0.331 e. The molecule has 0 radical (unpaired) electrons. The zero-order valence-electron chi connectivity index (χ0n) is 26.5. The molecule has 9 atom stereocenters. The van der Waals surface area contributed by atoms with Gasteiger partial charge in [-0.1, -0.05) is 30.7 Å². The summed E-state index contributed by atoms with van der Waals surface area (Å²) in [6.07, 6.45) is 0.952. The van der Waals surface area contributed by atoms with Gasteiger partial charge in [-0.2, -0.15) is 0 Å². The third-order valence-corrected chi connectivity index (χ3v) is 11.2. The van der Waals surface area contributed by atoms with Crippen molar-refractivity contribution in [2.75, 3.05) is 19.8 Å². The highest BCUT2D eigenvalue weighted by Gasteiger charge is 2.76. The minimum absolute atomic E-state index is 0.0907. The van der Waals surface area contributed by atoms with Crippen LogP contribution >= 0.6 is 0 Å². The van der Waals surface area contributed by atoms with Crippen molar-refractivity contribution >= 4 is 23.4 Å². The van der Waals surface area contributed by atoms with E-state index in [1.54, 1.807) is 6.92 Å². The van der Waals surface area contributed by atoms with Crippen molar-refractivity contribution in [1.82, 2.24) is 5.32 Å². The maximum Gasteiger partial charge on any atom is 0.331 e. The number of nitrogens with one attached hydrogen (secondary N) is 1. The van der Waals surface area contributed by atoms with E-state index in [0.717, 1.165) is 0 Å². The molecule has 5 N–H and O–H groups in total. The molecular formula is C33H39FN2O12. The van der Waals surface area contributed by atoms with Crippen LogP contribution in [0.25, 0.3) is 0 Å². The van der Waals surface area contributed by atoms with Gasteiger partial charge in [-0.15, -0.1) is 10.1 Å². The summed E-state index contributed by atoms with van der Waals surface area (Å²) < 4.78 is 22.4. The molecule has 0 bridgehead atoms. The molecule has 0 aromatic heterocycles. The lowest BCUT2D eigenvalue weighted by Crippen LogP contribution is -2.69. The molecule has 0 spiro atoms. The molecule has 14 nitrogen and oxygen atoms in total. The number of ketones is 2. The van der Waals surface area contributed by atoms with E-state index in [2.05, 4.69) is 10.2 Å². The maximum absolute atomic E-state index is 17.3. The second-order valence-electron chi connectivity index (χ2n) is 13.5. The van der Waals surface area contributed by atoms with Crippen molar-refractivity contribution in [2.45, 2.75) is 75.5 Å². The number of Topliss-reactive ketones (excluding diaryl/α,β-unsaturated/α-hetero) is 1. The number of carbonyl (C=O) groups excluding carboxylic acids is 4. The highest BCUT2D eigenvalue weighted by molar-refractivity contribution is 6.01. The van der Waals surface area contributed by atoms with E-state index in [-0.39, 0.29) is 37.2 Å². The molecular weight excluding hydrogens is 635 g/mol. The third-order valence-electron chi connectivity index (χ3n) is 11.2. The molecule has 5 rings (SSSR count). The Morgan fingerprint density at radius 2 is 1.83 bits per heavy atom. The van der Waals surface area contributed by atoms with Gasteiger partial charge < -0.3 is 35.3 Å². The summed E-state index contributed by atoms with van der Waals surface area (Å²) in [6, 6.07) is 4.24. The number of hydrogen-bond donors (Lipinski definition) is 5. The van der Waals surface area contributed by atoms with Crippen molar-refractivity contribution in [3.05, 3.63) is 69.3 Å². The van der Waals surface area contributed by atoms with Gasteiger partial charge in [-0.05, 0) is 74.8 Å². The van der Waals surface area contributed by atoms with Gasteiger partial charge >= 0.3 is 5.97 Å². The standard InChI is InChI=1S/C33H39FN2O12/c1-30-11-9-21(38)13-20(30)7-8-22-23-14-25(39)33(44,31(23,2)15-26(40)32(22,30)34)27(41)17-47-29(43)24(16-37)35-28(42)19-5-3-18(4-6-19)10-12-48-36(45)46/h3-6,9,11,13,22-26,37,39-40,44H,7-8,10,12,14-17H2,1-2H3,(H,35,42)/t22?,23?,24?,25-,26+,30+,31+,32+,33+/m1/s1. The minimum atomic E-state index is -2.53. The molecule has 3 unspecified atom stereocenters. The van der Waals surface area contributed by atoms with E-state index in [1.165, 1.54) is 49.4 Å². The largest absolute Gasteiger partial charge is 0.456 e. The van der Waals surface area contributed by atoms with Crippen molar-refractivity contribution in [3.8, 4) is 0 Å². The number of amides is 1. The zero-order valence-corrected chi connectivity index (χ0v) is 26.5. The van der Waals surface area contributed by atoms with Crippen LogP contribution in [0, 0.1) is 32.8 Å². The lowest BCUT2D eigenvalue weighted by atomic mass is 9.44. The molecule has 1 amide bonds. The van der Waals surface area contributed by atoms with Gasteiger partial charge in [-0.3, -0.25) is 14.4 Å². The molecule has 0 aliphatic heterocycles. The highest BCUT2D eigenvalue weighted by Crippen LogP contribution is 2.69. The van der Waals surface area contributed by atoms with Crippen molar-refractivity contribution in [1.29, 1.82) is 0 Å². The van der Waals surface area contributed by atoms with Crippen molar-refractivity contribution < 1.29 is 58.7 Å². The number of alkyl halides is 1. The summed E-state index contributed by atoms with van der Waals surface area (Å²) >= 11 is 0. The van der Waals surface area contributed by atoms with Crippen LogP contribution in [0.15, 0.2) is 48.1 Å². The molecule has 0 heterocycles. The van der Waals surface area contributed by atoms with Gasteiger partial charge in [0.15, 0.2) is 29.7 Å². The van der Waals surface area contributed by atoms with E-state index in [0.29, 0.717) is 17.6 Å². The number of aliphatic hydroxyl groups is 4. The predicted molar refractivity (Wildman–Crippen MR) is 162 cm³/mol. The van der Waals surface area contributed by atoms with Crippen LogP contribution in [0.2, 0.25) is 0 Å². The average Bonchev–Trinajstić information content (AvgIpc) is 3.24. The molecule has 3 fully saturated rings. The predicted octanol–water partition coefficient (Wildman–Crippen LogP) is 0.713. The number of fused-ring (bicyclic) bond motifs is 5. The number of rotatable bonds is 11. The number of halogens is 1. The van der Waals surface area contributed by atoms with Gasteiger partial charge in [0.25, 0.3) is 11.0 Å². The van der Waals surface area contributed by atoms with E-state index < -0.39 is 94.6 Å². The van der Waals surface area contributed by atoms with Gasteiger partial charge in [0.1, 0.15) is 6.61 Å². The molecule has 260 valence electrons. The normalized spacial score (nSPS) is 35.7. The Labute approximate surface area is 274 Å². The Morgan fingerprint density at radius 3 is 2.48 bits per heavy atom. The lowest BCUT2D eigenvalue weighted by molar-refractivity contribution is -0.757. The summed E-state index contributed by atoms with van der Waals surface area (Å²) in [6.45, 7) is 0.994. The molecule has 3 saturated carbocycles. The number of aliphatic hydroxyl groups excluding tert-OH is 3. The maximum atomic E-state index is 17.3. The van der Waals surface area contributed by atoms with Gasteiger partial charge in [-0.25, -0.2) is 9.18 Å². The van der Waals surface area contributed by atoms with Crippen LogP contribution < -0.4 is 5.32 Å². The highest BCUT2D eigenvalue weighted by atomic mass is 19.1.